The Morgan fingerprint density at radius 1 is 1.50 bits per heavy atom. The van der Waals surface area contributed by atoms with Crippen LogP contribution in [0.4, 0.5) is 0 Å². The third-order valence-electron chi connectivity index (χ3n) is 3.66. The Kier molecular flexibility index (Phi) is 4.70. The van der Waals surface area contributed by atoms with E-state index < -0.39 is 18.0 Å². The molecule has 7 nitrogen and oxygen atoms in total. The fourth-order valence-corrected chi connectivity index (χ4v) is 3.69. The van der Waals surface area contributed by atoms with Crippen LogP contribution in [-0.4, -0.2) is 46.3 Å². The van der Waals surface area contributed by atoms with E-state index in [0.717, 1.165) is 11.8 Å². The summed E-state index contributed by atoms with van der Waals surface area (Å²) in [7, 11) is 0. The predicted octanol–water partition coefficient (Wildman–Crippen LogP) is 0.911. The number of allylic oxidation sites excluding steroid dienone is 1. The van der Waals surface area contributed by atoms with Gasteiger partial charge in [-0.2, -0.15) is 0 Å². The van der Waals surface area contributed by atoms with E-state index in [-0.39, 0.29) is 29.9 Å². The Bertz CT molecular complexity index is 596. The molecule has 1 N–H and O–H groups in total. The predicted molar refractivity (Wildman–Crippen MR) is 77.4 cm³/mol. The van der Waals surface area contributed by atoms with Crippen molar-refractivity contribution in [3.05, 3.63) is 22.1 Å². The number of thioether (sulfide) groups is 1. The number of fused-ring (bicyclic) bond motifs is 1. The number of carbonyl (C=O) groups is 4. The number of carboxylic acid groups (broad SMARTS) is 1. The third kappa shape index (κ3) is 2.78. The maximum absolute atomic E-state index is 12.2. The summed E-state index contributed by atoms with van der Waals surface area (Å²) < 4.78 is 4.81. The van der Waals surface area contributed by atoms with Crippen LogP contribution >= 0.6 is 11.8 Å². The summed E-state index contributed by atoms with van der Waals surface area (Å²) >= 11 is 1.12. The number of aliphatic carboxylic acids is 1. The van der Waals surface area contributed by atoms with Gasteiger partial charge in [0.2, 0.25) is 5.91 Å². The SMILES string of the molecule is CC(=O)/C=C\SC1=C(C(=O)O)N2C(=O)[C@H]([C@@H](C)OC=O)[C@H]2C1. The normalized spacial score (nSPS) is 25.0. The highest BCUT2D eigenvalue weighted by Gasteiger charge is 2.57. The Labute approximate surface area is 131 Å². The van der Waals surface area contributed by atoms with Gasteiger partial charge in [-0.1, -0.05) is 11.8 Å². The van der Waals surface area contributed by atoms with Gasteiger partial charge in [0.25, 0.3) is 6.47 Å². The van der Waals surface area contributed by atoms with Crippen molar-refractivity contribution in [1.82, 2.24) is 4.90 Å². The minimum atomic E-state index is -1.18. The Morgan fingerprint density at radius 2 is 2.18 bits per heavy atom. The number of hydrogen-bond acceptors (Lipinski definition) is 6. The molecule has 0 unspecified atom stereocenters. The number of ketones is 1. The van der Waals surface area contributed by atoms with E-state index in [0.29, 0.717) is 11.3 Å². The molecule has 0 saturated carbocycles. The molecule has 0 aromatic rings. The number of nitrogens with zero attached hydrogens (tertiary/aromatic N) is 1. The van der Waals surface area contributed by atoms with E-state index in [1.807, 2.05) is 0 Å². The quantitative estimate of drug-likeness (QED) is 0.422. The summed E-state index contributed by atoms with van der Waals surface area (Å²) in [4.78, 5) is 46.6. The molecule has 8 heteroatoms. The van der Waals surface area contributed by atoms with Crippen molar-refractivity contribution in [3.63, 3.8) is 0 Å². The highest BCUT2D eigenvalue weighted by atomic mass is 32.2. The highest BCUT2D eigenvalue weighted by Crippen LogP contribution is 2.47. The van der Waals surface area contributed by atoms with Crippen LogP contribution in [0, 0.1) is 5.92 Å². The van der Waals surface area contributed by atoms with Gasteiger partial charge in [-0.05, 0) is 25.3 Å². The molecule has 0 aromatic heterocycles. The molecule has 2 heterocycles. The second-order valence-corrected chi connectivity index (χ2v) is 6.05. The van der Waals surface area contributed by atoms with Gasteiger partial charge in [-0.25, -0.2) is 4.79 Å². The van der Waals surface area contributed by atoms with Gasteiger partial charge in [-0.3, -0.25) is 14.4 Å². The van der Waals surface area contributed by atoms with E-state index in [2.05, 4.69) is 0 Å². The third-order valence-corrected chi connectivity index (χ3v) is 4.58. The largest absolute Gasteiger partial charge is 0.477 e. The lowest BCUT2D eigenvalue weighted by Gasteiger charge is -2.45. The summed E-state index contributed by atoms with van der Waals surface area (Å²) in [6.07, 6.45) is 1.11. The van der Waals surface area contributed by atoms with Gasteiger partial charge in [0.1, 0.15) is 11.8 Å². The van der Waals surface area contributed by atoms with Crippen molar-refractivity contribution < 1.29 is 29.0 Å². The van der Waals surface area contributed by atoms with Crippen LogP contribution in [0.5, 0.6) is 0 Å². The van der Waals surface area contributed by atoms with E-state index in [9.17, 15) is 24.3 Å². The van der Waals surface area contributed by atoms with Crippen molar-refractivity contribution >= 4 is 35.9 Å². The van der Waals surface area contributed by atoms with Crippen LogP contribution in [0.1, 0.15) is 20.3 Å². The summed E-state index contributed by atoms with van der Waals surface area (Å²) in [5.41, 5.74) is -0.0530. The van der Waals surface area contributed by atoms with Crippen molar-refractivity contribution in [2.24, 2.45) is 5.92 Å². The first kappa shape index (κ1) is 16.3. The van der Waals surface area contributed by atoms with Crippen LogP contribution in [0.3, 0.4) is 0 Å². The van der Waals surface area contributed by atoms with E-state index >= 15 is 0 Å². The van der Waals surface area contributed by atoms with E-state index in [1.54, 1.807) is 6.92 Å². The lowest BCUT2D eigenvalue weighted by Crippen LogP contribution is -2.62. The standard InChI is InChI=1S/C14H15NO6S/c1-7(17)3-4-22-10-5-9-11(8(2)21-6-16)13(18)15(9)12(10)14(19)20/h3-4,6,8-9,11H,5H2,1-2H3,(H,19,20)/b4-3-/t8-,9-,11-/m1/s1. The first-order valence-electron chi connectivity index (χ1n) is 6.60. The zero-order valence-electron chi connectivity index (χ0n) is 12.0. The van der Waals surface area contributed by atoms with Gasteiger partial charge in [-0.15, -0.1) is 0 Å². The van der Waals surface area contributed by atoms with E-state index in [1.165, 1.54) is 23.3 Å². The summed E-state index contributed by atoms with van der Waals surface area (Å²) in [5, 5.41) is 10.8. The number of β-lactam (4-membered cyclic amide) rings is 1. The van der Waals surface area contributed by atoms with Crippen molar-refractivity contribution in [3.8, 4) is 0 Å². The average molecular weight is 325 g/mol. The summed E-state index contributed by atoms with van der Waals surface area (Å²) in [6, 6.07) is -0.318. The fourth-order valence-electron chi connectivity index (χ4n) is 2.71. The number of hydrogen-bond donors (Lipinski definition) is 1. The lowest BCUT2D eigenvalue weighted by molar-refractivity contribution is -0.165. The maximum Gasteiger partial charge on any atom is 0.353 e. The zero-order chi connectivity index (χ0) is 16.4. The van der Waals surface area contributed by atoms with Gasteiger partial charge in [0, 0.05) is 11.3 Å². The average Bonchev–Trinajstić information content (AvgIpc) is 2.73. The van der Waals surface area contributed by atoms with Crippen LogP contribution in [-0.2, 0) is 23.9 Å². The number of rotatable bonds is 7. The lowest BCUT2D eigenvalue weighted by atomic mass is 9.83. The minimum absolute atomic E-state index is 0.0530. The molecule has 0 aliphatic carbocycles. The van der Waals surface area contributed by atoms with Crippen LogP contribution in [0.15, 0.2) is 22.1 Å². The first-order valence-corrected chi connectivity index (χ1v) is 7.48. The van der Waals surface area contributed by atoms with Crippen LogP contribution in [0.2, 0.25) is 0 Å². The number of amides is 1. The molecular formula is C14H15NO6S. The Hall–Kier alpha value is -2.09. The second kappa shape index (κ2) is 6.35. The van der Waals surface area contributed by atoms with Gasteiger partial charge in [0.05, 0.1) is 12.0 Å². The number of ether oxygens (including phenoxy) is 1. The van der Waals surface area contributed by atoms with Gasteiger partial charge in [0.15, 0.2) is 5.78 Å². The van der Waals surface area contributed by atoms with Crippen molar-refractivity contribution in [2.45, 2.75) is 32.4 Å². The molecule has 3 atom stereocenters. The Morgan fingerprint density at radius 3 is 2.73 bits per heavy atom. The molecule has 1 amide bonds. The molecule has 0 bridgehead atoms. The summed E-state index contributed by atoms with van der Waals surface area (Å²) in [6.45, 7) is 3.28. The number of carbonyl (C=O) groups excluding carboxylic acids is 3. The van der Waals surface area contributed by atoms with Crippen LogP contribution < -0.4 is 0 Å². The maximum atomic E-state index is 12.2. The van der Waals surface area contributed by atoms with E-state index in [4.69, 9.17) is 4.74 Å². The minimum Gasteiger partial charge on any atom is -0.477 e. The Balaban J connectivity index is 2.19. The molecule has 1 saturated heterocycles. The van der Waals surface area contributed by atoms with Crippen molar-refractivity contribution in [2.75, 3.05) is 0 Å². The summed E-state index contributed by atoms with van der Waals surface area (Å²) in [5.74, 6) is -2.22. The van der Waals surface area contributed by atoms with Gasteiger partial charge >= 0.3 is 5.97 Å². The van der Waals surface area contributed by atoms with Crippen molar-refractivity contribution in [1.29, 1.82) is 0 Å². The van der Waals surface area contributed by atoms with Crippen LogP contribution in [0.25, 0.3) is 0 Å². The van der Waals surface area contributed by atoms with Gasteiger partial charge < -0.3 is 14.7 Å². The molecule has 0 radical (unpaired) electrons. The molecule has 22 heavy (non-hydrogen) atoms. The fraction of sp³-hybridized carbons (Fsp3) is 0.429. The molecule has 1 fully saturated rings. The molecule has 118 valence electrons. The topological polar surface area (TPSA) is 101 Å². The molecule has 0 spiro atoms. The second-order valence-electron chi connectivity index (χ2n) is 5.05. The molecular weight excluding hydrogens is 310 g/mol. The highest BCUT2D eigenvalue weighted by molar-refractivity contribution is 8.05. The molecule has 2 aliphatic heterocycles. The number of carboxylic acids is 1. The zero-order valence-corrected chi connectivity index (χ0v) is 12.8. The smallest absolute Gasteiger partial charge is 0.353 e. The first-order chi connectivity index (χ1) is 10.4. The molecule has 2 rings (SSSR count). The molecule has 2 aliphatic rings. The monoisotopic (exact) mass is 325 g/mol. The molecule has 0 aromatic carbocycles.